The van der Waals surface area contributed by atoms with Crippen LogP contribution in [0.15, 0.2) is 78.9 Å². The molecule has 5 rings (SSSR count). The van der Waals surface area contributed by atoms with Gasteiger partial charge in [0, 0.05) is 51.3 Å². The average Bonchev–Trinajstić information content (AvgIpc) is 3.46. The summed E-state index contributed by atoms with van der Waals surface area (Å²) in [6, 6.07) is 24.8. The van der Waals surface area contributed by atoms with Gasteiger partial charge in [0.1, 0.15) is 6.04 Å². The molecule has 0 radical (unpaired) electrons. The predicted molar refractivity (Wildman–Crippen MR) is 165 cm³/mol. The van der Waals surface area contributed by atoms with E-state index < -0.39 is 12.1 Å². The topological polar surface area (TPSA) is 108 Å². The number of anilines is 1. The minimum Gasteiger partial charge on any atom is -0.344 e. The Morgan fingerprint density at radius 3 is 2.07 bits per heavy atom. The summed E-state index contributed by atoms with van der Waals surface area (Å²) in [4.78, 5) is 43.0. The molecule has 1 aliphatic carbocycles. The lowest BCUT2D eigenvalue weighted by molar-refractivity contribution is -0.138. The lowest BCUT2D eigenvalue weighted by atomic mass is 9.96. The van der Waals surface area contributed by atoms with Crippen LogP contribution in [-0.2, 0) is 40.2 Å². The maximum absolute atomic E-state index is 13.5. The SMILES string of the molecule is CCC(=O)N[C@H](Cc1ccc(NC(=O)[C@@H](N)C2Cc3ccccc3C2)cc1)C(=O)N1CCN(Cc2ccccc2)CC1. The van der Waals surface area contributed by atoms with E-state index in [0.717, 1.165) is 38.0 Å². The van der Waals surface area contributed by atoms with Crippen LogP contribution < -0.4 is 16.4 Å². The summed E-state index contributed by atoms with van der Waals surface area (Å²) in [5.74, 6) is -0.328. The van der Waals surface area contributed by atoms with Crippen molar-refractivity contribution in [2.75, 3.05) is 31.5 Å². The molecule has 0 unspecified atom stereocenters. The predicted octanol–water partition coefficient (Wildman–Crippen LogP) is 3.15. The molecule has 1 saturated heterocycles. The average molecular weight is 568 g/mol. The number of hydrogen-bond donors (Lipinski definition) is 3. The van der Waals surface area contributed by atoms with E-state index in [1.54, 1.807) is 6.92 Å². The van der Waals surface area contributed by atoms with Crippen LogP contribution in [0.5, 0.6) is 0 Å². The van der Waals surface area contributed by atoms with Crippen molar-refractivity contribution in [3.05, 3.63) is 101 Å². The molecule has 3 aromatic carbocycles. The normalized spacial score (nSPS) is 16.9. The van der Waals surface area contributed by atoms with Gasteiger partial charge in [-0.25, -0.2) is 0 Å². The van der Waals surface area contributed by atoms with E-state index in [9.17, 15) is 14.4 Å². The first-order valence-electron chi connectivity index (χ1n) is 15.0. The molecule has 2 atom stereocenters. The molecule has 8 nitrogen and oxygen atoms in total. The summed E-state index contributed by atoms with van der Waals surface area (Å²) in [6.07, 6.45) is 2.31. The van der Waals surface area contributed by atoms with Crippen molar-refractivity contribution < 1.29 is 14.4 Å². The van der Waals surface area contributed by atoms with Crippen LogP contribution in [0, 0.1) is 5.92 Å². The smallest absolute Gasteiger partial charge is 0.245 e. The maximum atomic E-state index is 13.5. The van der Waals surface area contributed by atoms with Crippen LogP contribution in [0.25, 0.3) is 0 Å². The Labute approximate surface area is 248 Å². The number of benzene rings is 3. The molecule has 8 heteroatoms. The molecule has 3 amide bonds. The Bertz CT molecular complexity index is 1340. The van der Waals surface area contributed by atoms with Gasteiger partial charge in [-0.1, -0.05) is 73.7 Å². The van der Waals surface area contributed by atoms with Crippen molar-refractivity contribution >= 4 is 23.4 Å². The number of fused-ring (bicyclic) bond motifs is 1. The largest absolute Gasteiger partial charge is 0.344 e. The fourth-order valence-corrected chi connectivity index (χ4v) is 5.93. The van der Waals surface area contributed by atoms with E-state index >= 15 is 0 Å². The number of carbonyl (C=O) groups excluding carboxylic acids is 3. The van der Waals surface area contributed by atoms with E-state index in [1.807, 2.05) is 59.5 Å². The Morgan fingerprint density at radius 1 is 0.833 bits per heavy atom. The molecular formula is C34H41N5O3. The Morgan fingerprint density at radius 2 is 1.45 bits per heavy atom. The third-order valence-electron chi connectivity index (χ3n) is 8.44. The number of hydrogen-bond acceptors (Lipinski definition) is 5. The molecule has 220 valence electrons. The molecule has 0 aromatic heterocycles. The molecule has 1 heterocycles. The third kappa shape index (κ3) is 7.43. The first-order chi connectivity index (χ1) is 20.4. The van der Waals surface area contributed by atoms with E-state index in [4.69, 9.17) is 5.73 Å². The highest BCUT2D eigenvalue weighted by atomic mass is 16.2. The Hall–Kier alpha value is -4.01. The van der Waals surface area contributed by atoms with E-state index in [0.29, 0.717) is 31.6 Å². The van der Waals surface area contributed by atoms with Gasteiger partial charge in [-0.05, 0) is 53.1 Å². The van der Waals surface area contributed by atoms with Gasteiger partial charge >= 0.3 is 0 Å². The molecule has 4 N–H and O–H groups in total. The van der Waals surface area contributed by atoms with Crippen LogP contribution in [0.1, 0.15) is 35.6 Å². The minimum atomic E-state index is -0.643. The third-order valence-corrected chi connectivity index (χ3v) is 8.44. The zero-order chi connectivity index (χ0) is 29.5. The minimum absolute atomic E-state index is 0.0583. The first-order valence-corrected chi connectivity index (χ1v) is 15.0. The summed E-state index contributed by atoms with van der Waals surface area (Å²) in [7, 11) is 0. The molecule has 0 bridgehead atoms. The van der Waals surface area contributed by atoms with Crippen molar-refractivity contribution in [3.8, 4) is 0 Å². The van der Waals surface area contributed by atoms with Crippen LogP contribution in [0.3, 0.4) is 0 Å². The summed E-state index contributed by atoms with van der Waals surface area (Å²) in [5, 5.41) is 5.88. The second kappa shape index (κ2) is 13.8. The summed E-state index contributed by atoms with van der Waals surface area (Å²) < 4.78 is 0. The van der Waals surface area contributed by atoms with Crippen LogP contribution in [0.2, 0.25) is 0 Å². The quantitative estimate of drug-likeness (QED) is 0.349. The van der Waals surface area contributed by atoms with E-state index in [1.165, 1.54) is 16.7 Å². The summed E-state index contributed by atoms with van der Waals surface area (Å²) in [6.45, 7) is 5.48. The van der Waals surface area contributed by atoms with Gasteiger partial charge in [0.05, 0.1) is 6.04 Å². The van der Waals surface area contributed by atoms with Gasteiger partial charge in [0.15, 0.2) is 0 Å². The van der Waals surface area contributed by atoms with Gasteiger partial charge in [-0.3, -0.25) is 19.3 Å². The lowest BCUT2D eigenvalue weighted by Gasteiger charge is -2.36. The lowest BCUT2D eigenvalue weighted by Crippen LogP contribution is -2.55. The van der Waals surface area contributed by atoms with Crippen LogP contribution >= 0.6 is 0 Å². The number of rotatable bonds is 10. The van der Waals surface area contributed by atoms with Gasteiger partial charge in [-0.15, -0.1) is 0 Å². The standard InChI is InChI=1S/C34H41N5O3/c1-2-31(40)37-30(34(42)39-18-16-38(17-19-39)23-25-8-4-3-5-9-25)20-24-12-14-29(15-13-24)36-33(41)32(35)28-21-26-10-6-7-11-27(26)22-28/h3-15,28,30,32H,2,16-23,35H2,1H3,(H,36,41)(H,37,40)/t30-,32+/m1/s1. The summed E-state index contributed by atoms with van der Waals surface area (Å²) in [5.41, 5.74) is 11.7. The molecule has 0 saturated carbocycles. The second-order valence-corrected chi connectivity index (χ2v) is 11.4. The highest BCUT2D eigenvalue weighted by molar-refractivity contribution is 5.95. The van der Waals surface area contributed by atoms with Crippen molar-refractivity contribution in [3.63, 3.8) is 0 Å². The summed E-state index contributed by atoms with van der Waals surface area (Å²) >= 11 is 0. The highest BCUT2D eigenvalue weighted by Crippen LogP contribution is 2.28. The van der Waals surface area contributed by atoms with E-state index in [2.05, 4.69) is 39.8 Å². The van der Waals surface area contributed by atoms with E-state index in [-0.39, 0.29) is 23.6 Å². The molecule has 3 aromatic rings. The van der Waals surface area contributed by atoms with Gasteiger partial charge in [0.25, 0.3) is 0 Å². The van der Waals surface area contributed by atoms with Crippen molar-refractivity contribution in [2.45, 2.75) is 51.2 Å². The number of carbonyl (C=O) groups is 3. The van der Waals surface area contributed by atoms with Gasteiger partial charge in [-0.2, -0.15) is 0 Å². The monoisotopic (exact) mass is 567 g/mol. The van der Waals surface area contributed by atoms with Crippen LogP contribution in [-0.4, -0.2) is 65.8 Å². The Balaban J connectivity index is 1.15. The molecule has 0 spiro atoms. The number of piperazine rings is 1. The maximum Gasteiger partial charge on any atom is 0.245 e. The number of amides is 3. The molecule has 42 heavy (non-hydrogen) atoms. The van der Waals surface area contributed by atoms with Crippen molar-refractivity contribution in [1.82, 2.24) is 15.1 Å². The second-order valence-electron chi connectivity index (χ2n) is 11.4. The van der Waals surface area contributed by atoms with Crippen molar-refractivity contribution in [2.24, 2.45) is 11.7 Å². The first kappa shape index (κ1) is 29.5. The fraction of sp³-hybridized carbons (Fsp3) is 0.382. The number of nitrogens with one attached hydrogen (secondary N) is 2. The molecular weight excluding hydrogens is 526 g/mol. The number of nitrogens with two attached hydrogens (primary N) is 1. The zero-order valence-corrected chi connectivity index (χ0v) is 24.3. The molecule has 1 fully saturated rings. The van der Waals surface area contributed by atoms with Gasteiger partial charge in [0.2, 0.25) is 17.7 Å². The molecule has 1 aliphatic heterocycles. The van der Waals surface area contributed by atoms with Crippen molar-refractivity contribution in [1.29, 1.82) is 0 Å². The number of nitrogens with zero attached hydrogens (tertiary/aromatic N) is 2. The zero-order valence-electron chi connectivity index (χ0n) is 24.3. The van der Waals surface area contributed by atoms with Gasteiger partial charge < -0.3 is 21.3 Å². The highest BCUT2D eigenvalue weighted by Gasteiger charge is 2.31. The molecule has 2 aliphatic rings. The Kier molecular flexibility index (Phi) is 9.66. The van der Waals surface area contributed by atoms with Crippen LogP contribution in [0.4, 0.5) is 5.69 Å². The fourth-order valence-electron chi connectivity index (χ4n) is 5.93.